The van der Waals surface area contributed by atoms with Gasteiger partial charge < -0.3 is 4.84 Å². The highest BCUT2D eigenvalue weighted by Crippen LogP contribution is 2.30. The standard InChI is InChI=1S/C10H5ClF3N3O2/c1-2-7(18)19-17-6-3-5(11)4-15-8(6)16-9(17)10(12,13)14/h2-4H,1H2. The van der Waals surface area contributed by atoms with Crippen LogP contribution in [0, 0.1) is 0 Å². The van der Waals surface area contributed by atoms with Gasteiger partial charge in [-0.2, -0.15) is 13.2 Å². The fraction of sp³-hybridized carbons (Fsp3) is 0.100. The van der Waals surface area contributed by atoms with Gasteiger partial charge in [0.15, 0.2) is 5.65 Å². The summed E-state index contributed by atoms with van der Waals surface area (Å²) in [5, 5.41) is 0.0806. The van der Waals surface area contributed by atoms with Crippen molar-refractivity contribution in [3.63, 3.8) is 0 Å². The zero-order chi connectivity index (χ0) is 14.2. The number of hydrogen-bond donors (Lipinski definition) is 0. The van der Waals surface area contributed by atoms with E-state index in [0.717, 1.165) is 18.3 Å². The molecule has 9 heteroatoms. The van der Waals surface area contributed by atoms with E-state index in [9.17, 15) is 18.0 Å². The summed E-state index contributed by atoms with van der Waals surface area (Å²) in [6.07, 6.45) is -2.95. The number of alkyl halides is 3. The monoisotopic (exact) mass is 291 g/mol. The van der Waals surface area contributed by atoms with Crippen LogP contribution < -0.4 is 4.84 Å². The van der Waals surface area contributed by atoms with E-state index in [-0.39, 0.29) is 20.9 Å². The Kier molecular flexibility index (Phi) is 3.19. The number of carbonyl (C=O) groups is 1. The van der Waals surface area contributed by atoms with Crippen LogP contribution in [0.4, 0.5) is 13.2 Å². The molecule has 2 aromatic rings. The highest BCUT2D eigenvalue weighted by Gasteiger charge is 2.39. The van der Waals surface area contributed by atoms with Crippen molar-refractivity contribution < 1.29 is 22.8 Å². The van der Waals surface area contributed by atoms with Gasteiger partial charge in [0.05, 0.1) is 5.02 Å². The van der Waals surface area contributed by atoms with Gasteiger partial charge in [-0.15, -0.1) is 4.73 Å². The molecule has 0 radical (unpaired) electrons. The first-order valence-electron chi connectivity index (χ1n) is 4.79. The Hall–Kier alpha value is -2.09. The molecule has 5 nitrogen and oxygen atoms in total. The topological polar surface area (TPSA) is 57.0 Å². The lowest BCUT2D eigenvalue weighted by Crippen LogP contribution is -2.24. The molecule has 0 aromatic carbocycles. The Bertz CT molecular complexity index is 666. The summed E-state index contributed by atoms with van der Waals surface area (Å²) in [5.41, 5.74) is -0.413. The Morgan fingerprint density at radius 1 is 1.53 bits per heavy atom. The van der Waals surface area contributed by atoms with Crippen molar-refractivity contribution in [3.05, 3.63) is 35.8 Å². The fourth-order valence-electron chi connectivity index (χ4n) is 1.31. The molecule has 0 atom stereocenters. The van der Waals surface area contributed by atoms with E-state index in [1.54, 1.807) is 0 Å². The second-order valence-electron chi connectivity index (χ2n) is 3.34. The van der Waals surface area contributed by atoms with Crippen LogP contribution in [-0.4, -0.2) is 20.7 Å². The van der Waals surface area contributed by atoms with Gasteiger partial charge in [-0.1, -0.05) is 18.2 Å². The largest absolute Gasteiger partial charge is 0.453 e. The first-order chi connectivity index (χ1) is 8.82. The molecule has 0 N–H and O–H groups in total. The van der Waals surface area contributed by atoms with Gasteiger partial charge in [0.1, 0.15) is 5.52 Å². The summed E-state index contributed by atoms with van der Waals surface area (Å²) in [6.45, 7) is 3.10. The number of nitrogens with zero attached hydrogens (tertiary/aromatic N) is 3. The van der Waals surface area contributed by atoms with Crippen LogP contribution in [0.15, 0.2) is 24.9 Å². The van der Waals surface area contributed by atoms with Gasteiger partial charge in [-0.25, -0.2) is 14.8 Å². The third kappa shape index (κ3) is 2.53. The summed E-state index contributed by atoms with van der Waals surface area (Å²) >= 11 is 5.64. The summed E-state index contributed by atoms with van der Waals surface area (Å²) in [6, 6.07) is 1.16. The molecule has 0 unspecified atom stereocenters. The van der Waals surface area contributed by atoms with Gasteiger partial charge in [0.2, 0.25) is 0 Å². The number of fused-ring (bicyclic) bond motifs is 1. The third-order valence-electron chi connectivity index (χ3n) is 2.04. The number of pyridine rings is 1. The van der Waals surface area contributed by atoms with Crippen molar-refractivity contribution in [2.24, 2.45) is 0 Å². The maximum Gasteiger partial charge on any atom is 0.453 e. The Morgan fingerprint density at radius 2 is 2.21 bits per heavy atom. The molecule has 0 aliphatic rings. The zero-order valence-electron chi connectivity index (χ0n) is 9.11. The number of aromatic nitrogens is 3. The molecule has 0 bridgehead atoms. The van der Waals surface area contributed by atoms with Crippen LogP contribution in [0.25, 0.3) is 11.2 Å². The molecule has 0 fully saturated rings. The molecular formula is C10H5ClF3N3O2. The maximum atomic E-state index is 12.8. The smallest absolute Gasteiger partial charge is 0.330 e. The Labute approximate surface area is 109 Å². The van der Waals surface area contributed by atoms with Gasteiger partial charge in [0.25, 0.3) is 5.82 Å². The van der Waals surface area contributed by atoms with E-state index in [4.69, 9.17) is 11.6 Å². The van der Waals surface area contributed by atoms with Gasteiger partial charge in [0, 0.05) is 12.3 Å². The molecule has 2 heterocycles. The van der Waals surface area contributed by atoms with Gasteiger partial charge in [-0.05, 0) is 6.07 Å². The van der Waals surface area contributed by atoms with E-state index >= 15 is 0 Å². The van der Waals surface area contributed by atoms with Crippen molar-refractivity contribution in [2.75, 3.05) is 0 Å². The minimum absolute atomic E-state index is 0.0806. The van der Waals surface area contributed by atoms with Gasteiger partial charge in [-0.3, -0.25) is 0 Å². The molecule has 0 amide bonds. The van der Waals surface area contributed by atoms with Crippen LogP contribution in [0.1, 0.15) is 5.82 Å². The first-order valence-corrected chi connectivity index (χ1v) is 5.16. The number of halogens is 4. The molecule has 0 spiro atoms. The van der Waals surface area contributed by atoms with Crippen molar-refractivity contribution in [3.8, 4) is 0 Å². The van der Waals surface area contributed by atoms with Gasteiger partial charge >= 0.3 is 12.1 Å². The van der Waals surface area contributed by atoms with Crippen LogP contribution in [0.2, 0.25) is 5.02 Å². The lowest BCUT2D eigenvalue weighted by Gasteiger charge is -2.09. The number of hydrogen-bond acceptors (Lipinski definition) is 4. The lowest BCUT2D eigenvalue weighted by atomic mass is 10.4. The second kappa shape index (κ2) is 4.54. The number of rotatable bonds is 2. The van der Waals surface area contributed by atoms with Crippen molar-refractivity contribution in [1.82, 2.24) is 14.7 Å². The number of carbonyl (C=O) groups excluding carboxylic acids is 1. The van der Waals surface area contributed by atoms with E-state index in [2.05, 4.69) is 21.4 Å². The molecular weight excluding hydrogens is 287 g/mol. The van der Waals surface area contributed by atoms with Crippen LogP contribution >= 0.6 is 11.6 Å². The summed E-state index contributed by atoms with van der Waals surface area (Å²) in [5.74, 6) is -2.47. The van der Waals surface area contributed by atoms with E-state index in [1.807, 2.05) is 0 Å². The normalized spacial score (nSPS) is 11.6. The summed E-state index contributed by atoms with van der Waals surface area (Å²) in [7, 11) is 0. The summed E-state index contributed by atoms with van der Waals surface area (Å²) in [4.78, 5) is 22.5. The highest BCUT2D eigenvalue weighted by molar-refractivity contribution is 6.31. The zero-order valence-corrected chi connectivity index (χ0v) is 9.87. The molecule has 100 valence electrons. The number of imidazole rings is 1. The first kappa shape index (κ1) is 13.3. The minimum Gasteiger partial charge on any atom is -0.330 e. The van der Waals surface area contributed by atoms with Crippen LogP contribution in [0.5, 0.6) is 0 Å². The quantitative estimate of drug-likeness (QED) is 0.796. The van der Waals surface area contributed by atoms with E-state index in [1.165, 1.54) is 0 Å². The molecule has 0 saturated carbocycles. The van der Waals surface area contributed by atoms with Crippen molar-refractivity contribution in [1.29, 1.82) is 0 Å². The maximum absolute atomic E-state index is 12.8. The molecule has 0 saturated heterocycles. The summed E-state index contributed by atoms with van der Waals surface area (Å²) < 4.78 is 38.6. The predicted molar refractivity (Wildman–Crippen MR) is 59.3 cm³/mol. The van der Waals surface area contributed by atoms with Crippen molar-refractivity contribution in [2.45, 2.75) is 6.18 Å². The van der Waals surface area contributed by atoms with Crippen LogP contribution in [-0.2, 0) is 11.0 Å². The lowest BCUT2D eigenvalue weighted by molar-refractivity contribution is -0.159. The second-order valence-corrected chi connectivity index (χ2v) is 3.77. The molecule has 19 heavy (non-hydrogen) atoms. The third-order valence-corrected chi connectivity index (χ3v) is 2.25. The average molecular weight is 292 g/mol. The molecule has 0 aliphatic heterocycles. The van der Waals surface area contributed by atoms with E-state index in [0.29, 0.717) is 0 Å². The van der Waals surface area contributed by atoms with Crippen molar-refractivity contribution >= 4 is 28.7 Å². The average Bonchev–Trinajstić information content (AvgIpc) is 2.67. The van der Waals surface area contributed by atoms with E-state index < -0.39 is 18.0 Å². The predicted octanol–water partition coefficient (Wildman–Crippen LogP) is 2.24. The molecule has 2 aromatic heterocycles. The SMILES string of the molecule is C=CC(=O)On1c(C(F)(F)F)nc2ncc(Cl)cc21. The van der Waals surface area contributed by atoms with Crippen LogP contribution in [0.3, 0.4) is 0 Å². The molecule has 0 aliphatic carbocycles. The minimum atomic E-state index is -4.81. The highest BCUT2D eigenvalue weighted by atomic mass is 35.5. The Morgan fingerprint density at radius 3 is 2.79 bits per heavy atom. The molecule has 2 rings (SSSR count). The Balaban J connectivity index is 2.70. The fourth-order valence-corrected chi connectivity index (χ4v) is 1.47.